The van der Waals surface area contributed by atoms with Crippen LogP contribution >= 0.6 is 11.6 Å². The van der Waals surface area contributed by atoms with Crippen molar-refractivity contribution in [2.75, 3.05) is 0 Å². The van der Waals surface area contributed by atoms with Crippen LogP contribution in [0.5, 0.6) is 5.88 Å². The monoisotopic (exact) mass is 295 g/mol. The lowest BCUT2D eigenvalue weighted by molar-refractivity contribution is 0.457. The van der Waals surface area contributed by atoms with E-state index in [0.29, 0.717) is 21.8 Å². The standard InChI is InChI=1S/C16H10ClN3O/c17-11-3-6-13-14(16(21)20-15(13)7-11)9-19-12-4-1-10(8-18)2-5-12/h1-7,9,20-21H. The van der Waals surface area contributed by atoms with Crippen molar-refractivity contribution in [2.24, 2.45) is 4.99 Å². The van der Waals surface area contributed by atoms with E-state index < -0.39 is 0 Å². The van der Waals surface area contributed by atoms with Crippen molar-refractivity contribution in [3.63, 3.8) is 0 Å². The fraction of sp³-hybridized carbons (Fsp3) is 0. The molecule has 21 heavy (non-hydrogen) atoms. The van der Waals surface area contributed by atoms with E-state index in [2.05, 4.69) is 16.0 Å². The normalized spacial score (nSPS) is 11.0. The highest BCUT2D eigenvalue weighted by molar-refractivity contribution is 6.31. The molecule has 0 aliphatic heterocycles. The number of aromatic amines is 1. The highest BCUT2D eigenvalue weighted by Crippen LogP contribution is 2.28. The number of aromatic nitrogens is 1. The molecule has 3 aromatic rings. The summed E-state index contributed by atoms with van der Waals surface area (Å²) in [5.74, 6) is 0.0460. The van der Waals surface area contributed by atoms with Gasteiger partial charge in [-0.15, -0.1) is 0 Å². The summed E-state index contributed by atoms with van der Waals surface area (Å²) in [6.07, 6.45) is 1.59. The van der Waals surface area contributed by atoms with Gasteiger partial charge in [0.25, 0.3) is 0 Å². The van der Waals surface area contributed by atoms with Crippen molar-refractivity contribution >= 4 is 34.4 Å². The fourth-order valence-corrected chi connectivity index (χ4v) is 2.24. The van der Waals surface area contributed by atoms with E-state index in [4.69, 9.17) is 16.9 Å². The van der Waals surface area contributed by atoms with Crippen LogP contribution in [0.4, 0.5) is 5.69 Å². The number of nitrogens with one attached hydrogen (secondary N) is 1. The zero-order valence-electron chi connectivity index (χ0n) is 10.8. The third-order valence-corrected chi connectivity index (χ3v) is 3.35. The maximum absolute atomic E-state index is 9.95. The molecular weight excluding hydrogens is 286 g/mol. The Kier molecular flexibility index (Phi) is 3.35. The first-order valence-electron chi connectivity index (χ1n) is 6.22. The highest BCUT2D eigenvalue weighted by atomic mass is 35.5. The van der Waals surface area contributed by atoms with E-state index in [1.54, 1.807) is 42.6 Å². The third-order valence-electron chi connectivity index (χ3n) is 3.12. The second kappa shape index (κ2) is 5.31. The molecule has 2 aromatic carbocycles. The van der Waals surface area contributed by atoms with E-state index in [-0.39, 0.29) is 5.88 Å². The molecule has 0 spiro atoms. The molecule has 0 saturated heterocycles. The fourth-order valence-electron chi connectivity index (χ4n) is 2.07. The van der Waals surface area contributed by atoms with Gasteiger partial charge in [-0.05, 0) is 36.4 Å². The summed E-state index contributed by atoms with van der Waals surface area (Å²) in [4.78, 5) is 7.17. The van der Waals surface area contributed by atoms with Gasteiger partial charge in [0.05, 0.1) is 28.4 Å². The van der Waals surface area contributed by atoms with Crippen molar-refractivity contribution in [1.29, 1.82) is 5.26 Å². The number of fused-ring (bicyclic) bond motifs is 1. The Hall–Kier alpha value is -2.77. The van der Waals surface area contributed by atoms with Gasteiger partial charge in [0, 0.05) is 16.6 Å². The van der Waals surface area contributed by atoms with Gasteiger partial charge < -0.3 is 10.1 Å². The highest BCUT2D eigenvalue weighted by Gasteiger charge is 2.08. The number of H-pyrrole nitrogens is 1. The molecule has 0 aliphatic rings. The van der Waals surface area contributed by atoms with Crippen LogP contribution < -0.4 is 0 Å². The molecule has 102 valence electrons. The molecule has 0 saturated carbocycles. The summed E-state index contributed by atoms with van der Waals surface area (Å²) >= 11 is 5.92. The second-order valence-electron chi connectivity index (χ2n) is 4.49. The summed E-state index contributed by atoms with van der Waals surface area (Å²) in [5, 5.41) is 20.1. The number of hydrogen-bond acceptors (Lipinski definition) is 3. The maximum atomic E-state index is 9.95. The largest absolute Gasteiger partial charge is 0.494 e. The molecule has 0 aliphatic carbocycles. The average molecular weight is 296 g/mol. The Labute approximate surface area is 125 Å². The van der Waals surface area contributed by atoms with Crippen molar-refractivity contribution in [1.82, 2.24) is 4.98 Å². The van der Waals surface area contributed by atoms with Gasteiger partial charge in [-0.2, -0.15) is 5.26 Å². The minimum absolute atomic E-state index is 0.0460. The second-order valence-corrected chi connectivity index (χ2v) is 4.93. The number of rotatable bonds is 2. The predicted molar refractivity (Wildman–Crippen MR) is 83.4 cm³/mol. The number of hydrogen-bond donors (Lipinski definition) is 2. The molecule has 4 nitrogen and oxygen atoms in total. The number of aromatic hydroxyl groups is 1. The average Bonchev–Trinajstić information content (AvgIpc) is 2.80. The number of nitriles is 1. The molecule has 0 radical (unpaired) electrons. The molecule has 1 heterocycles. The van der Waals surface area contributed by atoms with E-state index in [0.717, 1.165) is 10.9 Å². The quantitative estimate of drug-likeness (QED) is 0.697. The van der Waals surface area contributed by atoms with Gasteiger partial charge in [0.2, 0.25) is 0 Å². The molecule has 0 atom stereocenters. The molecule has 3 rings (SSSR count). The van der Waals surface area contributed by atoms with Gasteiger partial charge in [0.1, 0.15) is 0 Å². The summed E-state index contributed by atoms with van der Waals surface area (Å²) in [6.45, 7) is 0. The predicted octanol–water partition coefficient (Wildman–Crippen LogP) is 4.15. The van der Waals surface area contributed by atoms with Crippen molar-refractivity contribution in [3.8, 4) is 11.9 Å². The van der Waals surface area contributed by atoms with Gasteiger partial charge in [-0.25, -0.2) is 0 Å². The topological polar surface area (TPSA) is 72.2 Å². The number of halogens is 1. The number of benzene rings is 2. The lowest BCUT2D eigenvalue weighted by Crippen LogP contribution is -1.79. The first-order valence-corrected chi connectivity index (χ1v) is 6.59. The van der Waals surface area contributed by atoms with Crippen LogP contribution in [-0.4, -0.2) is 16.3 Å². The molecule has 0 unspecified atom stereocenters. The number of aliphatic imine (C=N–C) groups is 1. The summed E-state index contributed by atoms with van der Waals surface area (Å²) in [5.41, 5.74) is 2.64. The van der Waals surface area contributed by atoms with E-state index >= 15 is 0 Å². The Bertz CT molecular complexity index is 873. The summed E-state index contributed by atoms with van der Waals surface area (Å²) < 4.78 is 0. The van der Waals surface area contributed by atoms with Gasteiger partial charge in [-0.3, -0.25) is 4.99 Å². The zero-order chi connectivity index (χ0) is 14.8. The molecular formula is C16H10ClN3O. The van der Waals surface area contributed by atoms with Gasteiger partial charge >= 0.3 is 0 Å². The van der Waals surface area contributed by atoms with Crippen molar-refractivity contribution in [2.45, 2.75) is 0 Å². The Morgan fingerprint density at radius 3 is 2.67 bits per heavy atom. The first-order chi connectivity index (χ1) is 10.2. The van der Waals surface area contributed by atoms with E-state index in [9.17, 15) is 5.11 Å². The van der Waals surface area contributed by atoms with Crippen LogP contribution in [0, 0.1) is 11.3 Å². The van der Waals surface area contributed by atoms with E-state index in [1.807, 2.05) is 6.07 Å². The zero-order valence-corrected chi connectivity index (χ0v) is 11.6. The minimum Gasteiger partial charge on any atom is -0.494 e. The third kappa shape index (κ3) is 2.60. The lowest BCUT2D eigenvalue weighted by Gasteiger charge is -1.95. The lowest BCUT2D eigenvalue weighted by atomic mass is 10.2. The van der Waals surface area contributed by atoms with Crippen molar-refractivity contribution < 1.29 is 5.11 Å². The smallest absolute Gasteiger partial charge is 0.198 e. The van der Waals surface area contributed by atoms with Crippen LogP contribution in [0.25, 0.3) is 10.9 Å². The molecule has 0 amide bonds. The van der Waals surface area contributed by atoms with Crippen LogP contribution in [0.1, 0.15) is 11.1 Å². The van der Waals surface area contributed by atoms with Crippen LogP contribution in [0.2, 0.25) is 5.02 Å². The Balaban J connectivity index is 1.99. The van der Waals surface area contributed by atoms with Gasteiger partial charge in [0.15, 0.2) is 5.88 Å². The van der Waals surface area contributed by atoms with Crippen LogP contribution in [0.3, 0.4) is 0 Å². The van der Waals surface area contributed by atoms with Gasteiger partial charge in [-0.1, -0.05) is 17.7 Å². The Morgan fingerprint density at radius 2 is 1.95 bits per heavy atom. The molecule has 1 aromatic heterocycles. The summed E-state index contributed by atoms with van der Waals surface area (Å²) in [6, 6.07) is 14.3. The molecule has 0 bridgehead atoms. The SMILES string of the molecule is N#Cc1ccc(N=Cc2c(O)[nH]c3cc(Cl)ccc23)cc1. The maximum Gasteiger partial charge on any atom is 0.198 e. The van der Waals surface area contributed by atoms with E-state index in [1.165, 1.54) is 0 Å². The first kappa shape index (κ1) is 13.2. The van der Waals surface area contributed by atoms with Crippen LogP contribution in [-0.2, 0) is 0 Å². The Morgan fingerprint density at radius 1 is 1.19 bits per heavy atom. The summed E-state index contributed by atoms with van der Waals surface area (Å²) in [7, 11) is 0. The molecule has 5 heteroatoms. The van der Waals surface area contributed by atoms with Crippen LogP contribution in [0.15, 0.2) is 47.5 Å². The minimum atomic E-state index is 0.0460. The molecule has 0 fully saturated rings. The number of nitrogens with zero attached hydrogens (tertiary/aromatic N) is 2. The van der Waals surface area contributed by atoms with Crippen molar-refractivity contribution in [3.05, 3.63) is 58.6 Å². The molecule has 2 N–H and O–H groups in total.